The first-order chi connectivity index (χ1) is 8.44. The van der Waals surface area contributed by atoms with Crippen molar-refractivity contribution >= 4 is 12.4 Å². The van der Waals surface area contributed by atoms with E-state index in [-0.39, 0.29) is 24.0 Å². The van der Waals surface area contributed by atoms with Crippen LogP contribution in [0.4, 0.5) is 0 Å². The molecule has 1 unspecified atom stereocenters. The summed E-state index contributed by atoms with van der Waals surface area (Å²) in [4.78, 5) is 6.67. The van der Waals surface area contributed by atoms with E-state index in [0.717, 1.165) is 25.7 Å². The Kier molecular flexibility index (Phi) is 5.35. The van der Waals surface area contributed by atoms with Crippen molar-refractivity contribution in [3.05, 3.63) is 11.7 Å². The number of nitrogens with two attached hydrogens (primary N) is 1. The highest BCUT2D eigenvalue weighted by Crippen LogP contribution is 2.35. The van der Waals surface area contributed by atoms with Crippen LogP contribution in [0.5, 0.6) is 0 Å². The molecule has 1 aliphatic carbocycles. The van der Waals surface area contributed by atoms with Gasteiger partial charge in [-0.15, -0.1) is 12.4 Å². The lowest BCUT2D eigenvalue weighted by molar-refractivity contribution is 0.181. The van der Waals surface area contributed by atoms with E-state index in [9.17, 15) is 0 Å². The van der Waals surface area contributed by atoms with Gasteiger partial charge in [-0.1, -0.05) is 31.8 Å². The van der Waals surface area contributed by atoms with Crippen LogP contribution in [0.15, 0.2) is 4.52 Å². The summed E-state index contributed by atoms with van der Waals surface area (Å²) in [5, 5.41) is 4.12. The SMILES string of the molecule is CC(C)C(c1nc(C2(N)CCCC2)no1)N(C)C.Cl. The quantitative estimate of drug-likeness (QED) is 0.922. The third kappa shape index (κ3) is 3.27. The maximum absolute atomic E-state index is 6.35. The van der Waals surface area contributed by atoms with Crippen molar-refractivity contribution in [1.29, 1.82) is 0 Å². The van der Waals surface area contributed by atoms with Crippen molar-refractivity contribution < 1.29 is 4.52 Å². The van der Waals surface area contributed by atoms with E-state index < -0.39 is 0 Å². The van der Waals surface area contributed by atoms with Crippen LogP contribution in [-0.4, -0.2) is 29.1 Å². The second-order valence-corrected chi connectivity index (χ2v) is 5.97. The number of aromatic nitrogens is 2. The average Bonchev–Trinajstić information content (AvgIpc) is 2.87. The Morgan fingerprint density at radius 3 is 2.32 bits per heavy atom. The molecule has 0 aromatic carbocycles. The smallest absolute Gasteiger partial charge is 0.244 e. The normalized spacial score (nSPS) is 19.7. The predicted octanol–water partition coefficient (Wildman–Crippen LogP) is 2.48. The molecule has 2 rings (SSSR count). The molecule has 1 heterocycles. The van der Waals surface area contributed by atoms with Gasteiger partial charge in [0.1, 0.15) is 0 Å². The third-order valence-electron chi connectivity index (χ3n) is 3.82. The Morgan fingerprint density at radius 1 is 1.26 bits per heavy atom. The molecule has 1 fully saturated rings. The van der Waals surface area contributed by atoms with Crippen LogP contribution < -0.4 is 5.73 Å². The molecule has 1 aromatic rings. The van der Waals surface area contributed by atoms with Gasteiger partial charge in [0.15, 0.2) is 5.82 Å². The zero-order chi connectivity index (χ0) is 13.3. The number of hydrogen-bond acceptors (Lipinski definition) is 5. The van der Waals surface area contributed by atoms with Crippen LogP contribution in [0.2, 0.25) is 0 Å². The molecule has 0 bridgehead atoms. The molecular formula is C13H25ClN4O. The van der Waals surface area contributed by atoms with Gasteiger partial charge in [-0.05, 0) is 32.9 Å². The molecule has 110 valence electrons. The van der Waals surface area contributed by atoms with Crippen LogP contribution >= 0.6 is 12.4 Å². The minimum atomic E-state index is -0.365. The second-order valence-electron chi connectivity index (χ2n) is 5.97. The van der Waals surface area contributed by atoms with Gasteiger partial charge in [0.2, 0.25) is 5.89 Å². The number of hydrogen-bond donors (Lipinski definition) is 1. The van der Waals surface area contributed by atoms with E-state index in [2.05, 4.69) is 28.9 Å². The van der Waals surface area contributed by atoms with E-state index in [1.807, 2.05) is 14.1 Å². The molecule has 1 aromatic heterocycles. The van der Waals surface area contributed by atoms with E-state index in [0.29, 0.717) is 17.6 Å². The summed E-state index contributed by atoms with van der Waals surface area (Å²) in [7, 11) is 4.06. The van der Waals surface area contributed by atoms with Crippen molar-refractivity contribution in [3.8, 4) is 0 Å². The Balaban J connectivity index is 0.00000180. The fourth-order valence-corrected chi connectivity index (χ4v) is 2.89. The first kappa shape index (κ1) is 16.4. The molecule has 19 heavy (non-hydrogen) atoms. The molecule has 6 heteroatoms. The maximum Gasteiger partial charge on any atom is 0.244 e. The minimum absolute atomic E-state index is 0. The third-order valence-corrected chi connectivity index (χ3v) is 3.82. The highest BCUT2D eigenvalue weighted by atomic mass is 35.5. The largest absolute Gasteiger partial charge is 0.338 e. The monoisotopic (exact) mass is 288 g/mol. The van der Waals surface area contributed by atoms with Gasteiger partial charge in [0.05, 0.1) is 11.6 Å². The number of nitrogens with zero attached hydrogens (tertiary/aromatic N) is 3. The molecule has 0 radical (unpaired) electrons. The Morgan fingerprint density at radius 2 is 1.84 bits per heavy atom. The molecule has 0 spiro atoms. The van der Waals surface area contributed by atoms with Gasteiger partial charge in [0, 0.05) is 0 Å². The summed E-state index contributed by atoms with van der Waals surface area (Å²) < 4.78 is 5.44. The standard InChI is InChI=1S/C13H24N4O.ClH/c1-9(2)10(17(3)4)11-15-12(16-18-11)13(14)7-5-6-8-13;/h9-10H,5-8,14H2,1-4H3;1H. The first-order valence-electron chi connectivity index (χ1n) is 6.73. The van der Waals surface area contributed by atoms with Gasteiger partial charge in [-0.3, -0.25) is 4.90 Å². The van der Waals surface area contributed by atoms with Crippen molar-refractivity contribution in [2.24, 2.45) is 11.7 Å². The summed E-state index contributed by atoms with van der Waals surface area (Å²) in [6, 6.07) is 0.149. The summed E-state index contributed by atoms with van der Waals surface area (Å²) in [6.45, 7) is 4.31. The molecule has 1 aliphatic rings. The Bertz CT molecular complexity index is 391. The highest BCUT2D eigenvalue weighted by molar-refractivity contribution is 5.85. The van der Waals surface area contributed by atoms with Crippen LogP contribution in [0.25, 0.3) is 0 Å². The molecule has 2 N–H and O–H groups in total. The minimum Gasteiger partial charge on any atom is -0.338 e. The number of halogens is 1. The summed E-state index contributed by atoms with van der Waals surface area (Å²) in [6.07, 6.45) is 4.23. The maximum atomic E-state index is 6.35. The highest BCUT2D eigenvalue weighted by Gasteiger charge is 2.37. The van der Waals surface area contributed by atoms with Crippen LogP contribution in [-0.2, 0) is 5.54 Å². The van der Waals surface area contributed by atoms with Gasteiger partial charge in [0.25, 0.3) is 0 Å². The molecule has 1 saturated carbocycles. The lowest BCUT2D eigenvalue weighted by Crippen LogP contribution is -2.34. The van der Waals surface area contributed by atoms with Crippen molar-refractivity contribution in [1.82, 2.24) is 15.0 Å². The van der Waals surface area contributed by atoms with Crippen LogP contribution in [0, 0.1) is 5.92 Å². The summed E-state index contributed by atoms with van der Waals surface area (Å²) in [5.41, 5.74) is 5.98. The predicted molar refractivity (Wildman–Crippen MR) is 77.1 cm³/mol. The van der Waals surface area contributed by atoms with Gasteiger partial charge in [-0.2, -0.15) is 4.98 Å². The second kappa shape index (κ2) is 6.20. The van der Waals surface area contributed by atoms with E-state index in [4.69, 9.17) is 10.3 Å². The van der Waals surface area contributed by atoms with Crippen LogP contribution in [0.3, 0.4) is 0 Å². The molecular weight excluding hydrogens is 264 g/mol. The van der Waals surface area contributed by atoms with Crippen LogP contribution in [0.1, 0.15) is 57.3 Å². The average molecular weight is 289 g/mol. The fourth-order valence-electron chi connectivity index (χ4n) is 2.89. The lowest BCUT2D eigenvalue weighted by atomic mass is 9.98. The molecule has 1 atom stereocenters. The topological polar surface area (TPSA) is 68.2 Å². The van der Waals surface area contributed by atoms with Gasteiger partial charge >= 0.3 is 0 Å². The zero-order valence-electron chi connectivity index (χ0n) is 12.2. The molecule has 5 nitrogen and oxygen atoms in total. The fraction of sp³-hybridized carbons (Fsp3) is 0.846. The number of rotatable bonds is 4. The molecule has 0 amide bonds. The van der Waals surface area contributed by atoms with Gasteiger partial charge in [-0.25, -0.2) is 0 Å². The summed E-state index contributed by atoms with van der Waals surface area (Å²) >= 11 is 0. The van der Waals surface area contributed by atoms with E-state index in [1.165, 1.54) is 0 Å². The Hall–Kier alpha value is -0.650. The first-order valence-corrected chi connectivity index (χ1v) is 6.73. The van der Waals surface area contributed by atoms with E-state index >= 15 is 0 Å². The van der Waals surface area contributed by atoms with E-state index in [1.54, 1.807) is 0 Å². The Labute approximate surface area is 121 Å². The van der Waals surface area contributed by atoms with Crippen molar-refractivity contribution in [2.45, 2.75) is 51.1 Å². The zero-order valence-corrected chi connectivity index (χ0v) is 13.0. The van der Waals surface area contributed by atoms with Crippen molar-refractivity contribution in [3.63, 3.8) is 0 Å². The lowest BCUT2D eigenvalue weighted by Gasteiger charge is -2.24. The van der Waals surface area contributed by atoms with Crippen molar-refractivity contribution in [2.75, 3.05) is 14.1 Å². The molecule has 0 aliphatic heterocycles. The molecule has 0 saturated heterocycles. The van der Waals surface area contributed by atoms with Gasteiger partial charge < -0.3 is 10.3 Å². The summed E-state index contributed by atoms with van der Waals surface area (Å²) in [5.74, 6) is 1.79.